The Morgan fingerprint density at radius 3 is 2.15 bits per heavy atom. The molecular formula is C34H48F2N4O6. The molecule has 0 aliphatic rings. The van der Waals surface area contributed by atoms with Crippen molar-refractivity contribution in [2.75, 3.05) is 19.7 Å². The van der Waals surface area contributed by atoms with Gasteiger partial charge in [-0.15, -0.1) is 0 Å². The number of hydrogen-bond donors (Lipinski definition) is 5. The maximum absolute atomic E-state index is 14.3. The number of benzene rings is 2. The lowest BCUT2D eigenvalue weighted by Crippen LogP contribution is -2.54. The lowest BCUT2D eigenvalue weighted by atomic mass is 9.93. The van der Waals surface area contributed by atoms with Crippen LogP contribution in [0.25, 0.3) is 0 Å². The van der Waals surface area contributed by atoms with Crippen molar-refractivity contribution >= 4 is 23.6 Å². The van der Waals surface area contributed by atoms with Crippen molar-refractivity contribution in [2.24, 2.45) is 5.41 Å². The van der Waals surface area contributed by atoms with Gasteiger partial charge in [0.05, 0.1) is 19.3 Å². The van der Waals surface area contributed by atoms with Crippen molar-refractivity contribution in [1.82, 2.24) is 21.3 Å². The van der Waals surface area contributed by atoms with Crippen molar-refractivity contribution in [3.05, 3.63) is 71.3 Å². The van der Waals surface area contributed by atoms with Crippen molar-refractivity contribution < 1.29 is 37.8 Å². The van der Waals surface area contributed by atoms with Crippen LogP contribution in [0, 0.1) is 17.0 Å². The Kier molecular flexibility index (Phi) is 16.3. The summed E-state index contributed by atoms with van der Waals surface area (Å²) in [6.07, 6.45) is -0.192. The van der Waals surface area contributed by atoms with Gasteiger partial charge in [0.15, 0.2) is 6.10 Å². The second kappa shape index (κ2) is 19.6. The first kappa shape index (κ1) is 38.3. The highest BCUT2D eigenvalue weighted by molar-refractivity contribution is 5.83. The molecule has 12 heteroatoms. The number of hydrogen-bond acceptors (Lipinski definition) is 6. The predicted molar refractivity (Wildman–Crippen MR) is 170 cm³/mol. The lowest BCUT2D eigenvalue weighted by Gasteiger charge is -2.28. The largest absolute Gasteiger partial charge is 0.381 e. The van der Waals surface area contributed by atoms with Gasteiger partial charge in [0, 0.05) is 38.4 Å². The summed E-state index contributed by atoms with van der Waals surface area (Å²) in [6.45, 7) is 7.62. The molecule has 254 valence electrons. The molecule has 0 radical (unpaired) electrons. The smallest absolute Gasteiger partial charge is 0.251 e. The van der Waals surface area contributed by atoms with Gasteiger partial charge in [-0.3, -0.25) is 19.2 Å². The van der Waals surface area contributed by atoms with Gasteiger partial charge < -0.3 is 31.1 Å². The standard InChI is InChI=1S/C34H48F2N4O6/c1-5-10-29(41)39-26(17-24-16-25(35)14-15-27(24)36)18-31(43)37-21-34(3,4)22-38-33(45)32(44)28(40-30(42)11-6-2)20-46-19-23-12-8-7-9-13-23/h7-9,12-16,26,28,32,44H,5-6,10-11,17-22H2,1-4H3,(H,37,43)(H,38,45)(H,39,41)(H,40,42). The fraction of sp³-hybridized carbons (Fsp3) is 0.529. The highest BCUT2D eigenvalue weighted by Crippen LogP contribution is 2.15. The number of rotatable bonds is 20. The van der Waals surface area contributed by atoms with Gasteiger partial charge in [-0.05, 0) is 54.0 Å². The number of carbonyl (C=O) groups is 4. The molecule has 0 saturated carbocycles. The highest BCUT2D eigenvalue weighted by atomic mass is 19.1. The molecule has 2 rings (SSSR count). The third-order valence-electron chi connectivity index (χ3n) is 7.14. The predicted octanol–water partition coefficient (Wildman–Crippen LogP) is 3.30. The van der Waals surface area contributed by atoms with Crippen LogP contribution in [0.15, 0.2) is 48.5 Å². The third kappa shape index (κ3) is 14.5. The van der Waals surface area contributed by atoms with Crippen LogP contribution in [0.5, 0.6) is 0 Å². The molecular weight excluding hydrogens is 598 g/mol. The van der Waals surface area contributed by atoms with Crippen molar-refractivity contribution in [3.8, 4) is 0 Å². The summed E-state index contributed by atoms with van der Waals surface area (Å²) in [5.41, 5.74) is 0.288. The highest BCUT2D eigenvalue weighted by Gasteiger charge is 2.30. The fourth-order valence-corrected chi connectivity index (χ4v) is 4.57. The van der Waals surface area contributed by atoms with Crippen LogP contribution in [-0.4, -0.2) is 66.6 Å². The van der Waals surface area contributed by atoms with E-state index in [0.717, 1.165) is 23.8 Å². The monoisotopic (exact) mass is 646 g/mol. The first-order valence-electron chi connectivity index (χ1n) is 15.7. The molecule has 0 fully saturated rings. The van der Waals surface area contributed by atoms with Gasteiger partial charge in [0.1, 0.15) is 11.6 Å². The molecule has 0 aromatic heterocycles. The molecule has 4 amide bonds. The molecule has 10 nitrogen and oxygen atoms in total. The van der Waals surface area contributed by atoms with E-state index in [4.69, 9.17) is 4.74 Å². The molecule has 0 aliphatic carbocycles. The number of halogens is 2. The summed E-state index contributed by atoms with van der Waals surface area (Å²) in [5, 5.41) is 21.7. The summed E-state index contributed by atoms with van der Waals surface area (Å²) in [4.78, 5) is 50.3. The van der Waals surface area contributed by atoms with Crippen molar-refractivity contribution in [1.29, 1.82) is 0 Å². The molecule has 5 N–H and O–H groups in total. The van der Waals surface area contributed by atoms with E-state index >= 15 is 0 Å². The van der Waals surface area contributed by atoms with Gasteiger partial charge in [-0.2, -0.15) is 0 Å². The molecule has 2 aromatic carbocycles. The maximum atomic E-state index is 14.3. The number of amides is 4. The van der Waals surface area contributed by atoms with Crippen molar-refractivity contribution in [3.63, 3.8) is 0 Å². The summed E-state index contributed by atoms with van der Waals surface area (Å²) in [6, 6.07) is 10.7. The minimum Gasteiger partial charge on any atom is -0.381 e. The van der Waals surface area contributed by atoms with Crippen LogP contribution in [0.3, 0.4) is 0 Å². The number of aliphatic hydroxyl groups excluding tert-OH is 1. The Morgan fingerprint density at radius 2 is 1.50 bits per heavy atom. The quantitative estimate of drug-likeness (QED) is 0.149. The van der Waals surface area contributed by atoms with Crippen LogP contribution in [0.1, 0.15) is 70.9 Å². The summed E-state index contributed by atoms with van der Waals surface area (Å²) in [7, 11) is 0. The maximum Gasteiger partial charge on any atom is 0.251 e. The van der Waals surface area contributed by atoms with Crippen LogP contribution >= 0.6 is 0 Å². The Balaban J connectivity index is 1.94. The zero-order valence-electron chi connectivity index (χ0n) is 27.2. The second-order valence-electron chi connectivity index (χ2n) is 12.2. The average molecular weight is 647 g/mol. The number of ether oxygens (including phenoxy) is 1. The van der Waals surface area contributed by atoms with E-state index in [9.17, 15) is 33.1 Å². The lowest BCUT2D eigenvalue weighted by molar-refractivity contribution is -0.134. The fourth-order valence-electron chi connectivity index (χ4n) is 4.57. The SMILES string of the molecule is CCCC(=O)NC(CC(=O)NCC(C)(C)CNC(=O)C(O)C(COCc1ccccc1)NC(=O)CCC)Cc1cc(F)ccc1F. The molecule has 0 aliphatic heterocycles. The number of carbonyl (C=O) groups excluding carboxylic acids is 4. The van der Waals surface area contributed by atoms with E-state index in [1.807, 2.05) is 44.2 Å². The van der Waals surface area contributed by atoms with Crippen LogP contribution in [-0.2, 0) is 36.9 Å². The molecule has 3 unspecified atom stereocenters. The van der Waals surface area contributed by atoms with E-state index in [-0.39, 0.29) is 69.4 Å². The Labute approximate surface area is 270 Å². The minimum atomic E-state index is -1.59. The van der Waals surface area contributed by atoms with E-state index in [0.29, 0.717) is 12.8 Å². The van der Waals surface area contributed by atoms with Crippen LogP contribution in [0.2, 0.25) is 0 Å². The zero-order valence-corrected chi connectivity index (χ0v) is 27.2. The molecule has 0 spiro atoms. The second-order valence-corrected chi connectivity index (χ2v) is 12.2. The van der Waals surface area contributed by atoms with Gasteiger partial charge in [-0.25, -0.2) is 8.78 Å². The first-order chi connectivity index (χ1) is 21.8. The molecule has 0 heterocycles. The summed E-state index contributed by atoms with van der Waals surface area (Å²) < 4.78 is 33.7. The van der Waals surface area contributed by atoms with Gasteiger partial charge in [-0.1, -0.05) is 58.0 Å². The van der Waals surface area contributed by atoms with Crippen LogP contribution < -0.4 is 21.3 Å². The summed E-state index contributed by atoms with van der Waals surface area (Å²) in [5.74, 6) is -3.00. The van der Waals surface area contributed by atoms with Crippen molar-refractivity contribution in [2.45, 2.75) is 91.0 Å². The van der Waals surface area contributed by atoms with Gasteiger partial charge >= 0.3 is 0 Å². The van der Waals surface area contributed by atoms with E-state index in [2.05, 4.69) is 21.3 Å². The normalized spacial score (nSPS) is 13.3. The molecule has 46 heavy (non-hydrogen) atoms. The minimum absolute atomic E-state index is 0.0471. The molecule has 0 bridgehead atoms. The van der Waals surface area contributed by atoms with E-state index < -0.39 is 47.1 Å². The number of aliphatic hydroxyl groups is 1. The third-order valence-corrected chi connectivity index (χ3v) is 7.14. The Hall–Kier alpha value is -3.90. The summed E-state index contributed by atoms with van der Waals surface area (Å²) >= 11 is 0. The zero-order chi connectivity index (χ0) is 34.1. The molecule has 2 aromatic rings. The number of nitrogens with one attached hydrogen (secondary N) is 4. The molecule has 0 saturated heterocycles. The first-order valence-corrected chi connectivity index (χ1v) is 15.7. The van der Waals surface area contributed by atoms with E-state index in [1.165, 1.54) is 0 Å². The van der Waals surface area contributed by atoms with Gasteiger partial charge in [0.2, 0.25) is 17.7 Å². The average Bonchev–Trinajstić information content (AvgIpc) is 3.00. The van der Waals surface area contributed by atoms with E-state index in [1.54, 1.807) is 13.8 Å². The Morgan fingerprint density at radius 1 is 0.870 bits per heavy atom. The topological polar surface area (TPSA) is 146 Å². The van der Waals surface area contributed by atoms with Crippen LogP contribution in [0.4, 0.5) is 8.78 Å². The molecule has 3 atom stereocenters. The Bertz CT molecular complexity index is 1280. The van der Waals surface area contributed by atoms with Gasteiger partial charge in [0.25, 0.3) is 5.91 Å².